The van der Waals surface area contributed by atoms with Gasteiger partial charge in [0.25, 0.3) is 0 Å². The molecule has 1 aromatic carbocycles. The zero-order chi connectivity index (χ0) is 22.3. The van der Waals surface area contributed by atoms with Gasteiger partial charge in [0.15, 0.2) is 0 Å². The Kier molecular flexibility index (Phi) is 8.21. The third-order valence-electron chi connectivity index (χ3n) is 5.07. The number of sulfonamides is 1. The van der Waals surface area contributed by atoms with Gasteiger partial charge in [-0.25, -0.2) is 8.42 Å². The van der Waals surface area contributed by atoms with E-state index in [4.69, 9.17) is 14.2 Å². The largest absolute Gasteiger partial charge is 0.497 e. The number of carbonyl (C=O) groups is 2. The fourth-order valence-corrected chi connectivity index (χ4v) is 4.83. The second-order valence-electron chi connectivity index (χ2n) is 7.04. The Labute approximate surface area is 181 Å². The first kappa shape index (κ1) is 23.4. The van der Waals surface area contributed by atoms with E-state index < -0.39 is 28.1 Å². The van der Waals surface area contributed by atoms with Crippen LogP contribution in [0.2, 0.25) is 0 Å². The van der Waals surface area contributed by atoms with Gasteiger partial charge >= 0.3 is 11.8 Å². The summed E-state index contributed by atoms with van der Waals surface area (Å²) in [5.41, 5.74) is 0. The topological polar surface area (TPSA) is 127 Å². The molecule has 0 bridgehead atoms. The van der Waals surface area contributed by atoms with E-state index in [-0.39, 0.29) is 24.6 Å². The molecule has 0 radical (unpaired) electrons. The maximum Gasteiger partial charge on any atom is 0.309 e. The first-order valence-electron chi connectivity index (χ1n) is 10.1. The molecule has 1 atom stereocenters. The zero-order valence-corrected chi connectivity index (χ0v) is 18.2. The average Bonchev–Trinajstić information content (AvgIpc) is 3.27. The summed E-state index contributed by atoms with van der Waals surface area (Å²) >= 11 is 0. The minimum Gasteiger partial charge on any atom is -0.497 e. The van der Waals surface area contributed by atoms with Gasteiger partial charge in [0.05, 0.1) is 38.4 Å². The SMILES string of the molecule is COc1ccc(S(=O)(=O)N2CCO[C@H]2CNC(=O)C(=O)NCCN2CCOCC2)cc1. The molecule has 2 aliphatic rings. The Morgan fingerprint density at radius 2 is 1.74 bits per heavy atom. The lowest BCUT2D eigenvalue weighted by Gasteiger charge is -2.26. The van der Waals surface area contributed by atoms with E-state index in [0.717, 1.165) is 13.1 Å². The summed E-state index contributed by atoms with van der Waals surface area (Å²) in [6.45, 7) is 4.08. The van der Waals surface area contributed by atoms with Crippen LogP contribution in [-0.2, 0) is 29.1 Å². The summed E-state index contributed by atoms with van der Waals surface area (Å²) in [5, 5.41) is 5.01. The Balaban J connectivity index is 1.48. The molecule has 2 heterocycles. The predicted molar refractivity (Wildman–Crippen MR) is 110 cm³/mol. The monoisotopic (exact) mass is 456 g/mol. The Morgan fingerprint density at radius 1 is 1.06 bits per heavy atom. The maximum absolute atomic E-state index is 12.9. The van der Waals surface area contributed by atoms with Crippen LogP contribution in [0.5, 0.6) is 5.75 Å². The van der Waals surface area contributed by atoms with Crippen molar-refractivity contribution < 1.29 is 32.2 Å². The number of hydrogen-bond donors (Lipinski definition) is 2. The second kappa shape index (κ2) is 10.9. The van der Waals surface area contributed by atoms with Gasteiger partial charge in [-0.05, 0) is 24.3 Å². The molecule has 11 nitrogen and oxygen atoms in total. The highest BCUT2D eigenvalue weighted by Crippen LogP contribution is 2.23. The zero-order valence-electron chi connectivity index (χ0n) is 17.4. The summed E-state index contributed by atoms with van der Waals surface area (Å²) < 4.78 is 42.8. The Morgan fingerprint density at radius 3 is 2.42 bits per heavy atom. The van der Waals surface area contributed by atoms with Crippen molar-refractivity contribution in [1.82, 2.24) is 19.8 Å². The molecule has 12 heteroatoms. The third-order valence-corrected chi connectivity index (χ3v) is 6.97. The second-order valence-corrected chi connectivity index (χ2v) is 8.93. The van der Waals surface area contributed by atoms with Crippen LogP contribution in [0.4, 0.5) is 0 Å². The summed E-state index contributed by atoms with van der Waals surface area (Å²) in [6, 6.07) is 6.01. The fraction of sp³-hybridized carbons (Fsp3) is 0.579. The molecule has 2 amide bonds. The molecule has 0 aliphatic carbocycles. The van der Waals surface area contributed by atoms with E-state index >= 15 is 0 Å². The van der Waals surface area contributed by atoms with Gasteiger partial charge in [-0.3, -0.25) is 14.5 Å². The van der Waals surface area contributed by atoms with Crippen LogP contribution >= 0.6 is 0 Å². The van der Waals surface area contributed by atoms with E-state index in [1.54, 1.807) is 12.1 Å². The van der Waals surface area contributed by atoms with E-state index in [0.29, 0.717) is 32.1 Å². The van der Waals surface area contributed by atoms with Crippen LogP contribution in [0.25, 0.3) is 0 Å². The smallest absolute Gasteiger partial charge is 0.309 e. The van der Waals surface area contributed by atoms with Crippen LogP contribution in [0.1, 0.15) is 0 Å². The van der Waals surface area contributed by atoms with Gasteiger partial charge in [0, 0.05) is 32.7 Å². The quantitative estimate of drug-likeness (QED) is 0.458. The lowest BCUT2D eigenvalue weighted by molar-refractivity contribution is -0.139. The molecule has 3 rings (SSSR count). The van der Waals surface area contributed by atoms with Crippen molar-refractivity contribution in [2.45, 2.75) is 11.1 Å². The van der Waals surface area contributed by atoms with Gasteiger partial charge in [0.1, 0.15) is 12.0 Å². The van der Waals surface area contributed by atoms with Crippen molar-refractivity contribution in [3.05, 3.63) is 24.3 Å². The highest BCUT2D eigenvalue weighted by atomic mass is 32.2. The lowest BCUT2D eigenvalue weighted by atomic mass is 10.3. The van der Waals surface area contributed by atoms with Gasteiger partial charge in [-0.15, -0.1) is 0 Å². The summed E-state index contributed by atoms with van der Waals surface area (Å²) in [5.74, 6) is -1.06. The van der Waals surface area contributed by atoms with Gasteiger partial charge < -0.3 is 24.8 Å². The van der Waals surface area contributed by atoms with E-state index in [2.05, 4.69) is 15.5 Å². The number of nitrogens with zero attached hydrogens (tertiary/aromatic N) is 2. The predicted octanol–water partition coefficient (Wildman–Crippen LogP) is -1.39. The fourth-order valence-electron chi connectivity index (χ4n) is 3.32. The number of carbonyl (C=O) groups excluding carboxylic acids is 2. The number of amides is 2. The molecule has 0 unspecified atom stereocenters. The Hall–Kier alpha value is -2.25. The number of benzene rings is 1. The molecule has 0 saturated carbocycles. The van der Waals surface area contributed by atoms with E-state index in [1.807, 2.05) is 0 Å². The first-order chi connectivity index (χ1) is 14.9. The van der Waals surface area contributed by atoms with Crippen molar-refractivity contribution in [3.8, 4) is 5.75 Å². The van der Waals surface area contributed by atoms with E-state index in [9.17, 15) is 18.0 Å². The van der Waals surface area contributed by atoms with Crippen molar-refractivity contribution >= 4 is 21.8 Å². The summed E-state index contributed by atoms with van der Waals surface area (Å²) in [4.78, 5) is 26.3. The van der Waals surface area contributed by atoms with Crippen molar-refractivity contribution in [1.29, 1.82) is 0 Å². The third kappa shape index (κ3) is 6.14. The van der Waals surface area contributed by atoms with Crippen LogP contribution in [-0.4, -0.2) is 102 Å². The van der Waals surface area contributed by atoms with Crippen molar-refractivity contribution in [2.24, 2.45) is 0 Å². The van der Waals surface area contributed by atoms with Crippen LogP contribution in [0.3, 0.4) is 0 Å². The molecule has 31 heavy (non-hydrogen) atoms. The molecule has 2 aliphatic heterocycles. The van der Waals surface area contributed by atoms with Crippen molar-refractivity contribution in [2.75, 3.05) is 66.2 Å². The first-order valence-corrected chi connectivity index (χ1v) is 11.5. The van der Waals surface area contributed by atoms with Crippen molar-refractivity contribution in [3.63, 3.8) is 0 Å². The minimum absolute atomic E-state index is 0.0935. The number of nitrogens with one attached hydrogen (secondary N) is 2. The maximum atomic E-state index is 12.9. The molecular formula is C19H28N4O7S. The molecular weight excluding hydrogens is 428 g/mol. The number of hydrogen-bond acceptors (Lipinski definition) is 8. The van der Waals surface area contributed by atoms with Crippen LogP contribution < -0.4 is 15.4 Å². The minimum atomic E-state index is -3.82. The average molecular weight is 457 g/mol. The molecule has 0 aromatic heterocycles. The van der Waals surface area contributed by atoms with E-state index in [1.165, 1.54) is 23.5 Å². The summed E-state index contributed by atoms with van der Waals surface area (Å²) in [7, 11) is -2.33. The lowest BCUT2D eigenvalue weighted by Crippen LogP contribution is -2.48. The summed E-state index contributed by atoms with van der Waals surface area (Å²) in [6.07, 6.45) is -0.891. The Bertz CT molecular complexity index is 857. The number of methoxy groups -OCH3 is 1. The van der Waals surface area contributed by atoms with Gasteiger partial charge in [-0.2, -0.15) is 4.31 Å². The molecule has 2 N–H and O–H groups in total. The molecule has 1 aromatic rings. The van der Waals surface area contributed by atoms with Gasteiger partial charge in [0.2, 0.25) is 10.0 Å². The molecule has 2 fully saturated rings. The van der Waals surface area contributed by atoms with Crippen LogP contribution in [0, 0.1) is 0 Å². The molecule has 172 valence electrons. The molecule has 2 saturated heterocycles. The van der Waals surface area contributed by atoms with Crippen LogP contribution in [0.15, 0.2) is 29.2 Å². The number of rotatable bonds is 8. The number of ether oxygens (including phenoxy) is 3. The number of morpholine rings is 1. The highest BCUT2D eigenvalue weighted by molar-refractivity contribution is 7.89. The standard InChI is InChI=1S/C19H28N4O7S/c1-28-15-2-4-16(5-3-15)31(26,27)23-10-13-30-17(23)14-21-19(25)18(24)20-6-7-22-8-11-29-12-9-22/h2-5,17H,6-14H2,1H3,(H,20,24)(H,21,25)/t17-/m0/s1. The van der Waals surface area contributed by atoms with Gasteiger partial charge in [-0.1, -0.05) is 0 Å². The highest BCUT2D eigenvalue weighted by Gasteiger charge is 2.36. The molecule has 0 spiro atoms. The normalized spacial score (nSPS) is 20.4.